The van der Waals surface area contributed by atoms with Gasteiger partial charge in [-0.25, -0.2) is 0 Å². The Bertz CT molecular complexity index is 672. The summed E-state index contributed by atoms with van der Waals surface area (Å²) in [6.07, 6.45) is 1.34. The Balaban J connectivity index is 1.59. The highest BCUT2D eigenvalue weighted by Crippen LogP contribution is 2.20. The number of aliphatic hydroxyl groups is 1. The van der Waals surface area contributed by atoms with E-state index in [9.17, 15) is 5.11 Å². The Kier molecular flexibility index (Phi) is 5.77. The molecule has 138 valence electrons. The van der Waals surface area contributed by atoms with Crippen LogP contribution < -0.4 is 0 Å². The first-order valence-electron chi connectivity index (χ1n) is 8.84. The van der Waals surface area contributed by atoms with Crippen molar-refractivity contribution in [3.63, 3.8) is 0 Å². The standard InChI is InChI=1S/C16H26N6O3/c1-4-6-15-17-14(20-25-15)9-21-7-12(13(23)8-21)22(5-2)10-16-19-18-11(3)24-16/h12-13,23H,4-10H2,1-3H3/t12?,13-/m1/s1. The van der Waals surface area contributed by atoms with Crippen molar-refractivity contribution in [3.05, 3.63) is 23.5 Å². The summed E-state index contributed by atoms with van der Waals surface area (Å²) in [5, 5.41) is 22.4. The molecule has 1 unspecified atom stereocenters. The van der Waals surface area contributed by atoms with Gasteiger partial charge in [-0.2, -0.15) is 4.98 Å². The zero-order valence-electron chi connectivity index (χ0n) is 15.1. The molecule has 0 amide bonds. The summed E-state index contributed by atoms with van der Waals surface area (Å²) in [6.45, 7) is 9.15. The van der Waals surface area contributed by atoms with Gasteiger partial charge in [-0.1, -0.05) is 19.0 Å². The Hall–Kier alpha value is -1.84. The van der Waals surface area contributed by atoms with E-state index in [4.69, 9.17) is 8.94 Å². The summed E-state index contributed by atoms with van der Waals surface area (Å²) in [6, 6.07) is 0.0132. The maximum atomic E-state index is 10.5. The first-order chi connectivity index (χ1) is 12.1. The third kappa shape index (κ3) is 4.42. The van der Waals surface area contributed by atoms with Gasteiger partial charge in [-0.3, -0.25) is 9.80 Å². The quantitative estimate of drug-likeness (QED) is 0.739. The number of hydrogen-bond acceptors (Lipinski definition) is 9. The lowest BCUT2D eigenvalue weighted by Crippen LogP contribution is -2.42. The van der Waals surface area contributed by atoms with Crippen molar-refractivity contribution in [2.45, 2.75) is 58.8 Å². The molecule has 25 heavy (non-hydrogen) atoms. The SMILES string of the molecule is CCCc1nc(CN2CC(N(CC)Cc3nnc(C)o3)[C@H](O)C2)no1. The van der Waals surface area contributed by atoms with Gasteiger partial charge in [0.15, 0.2) is 5.82 Å². The maximum Gasteiger partial charge on any atom is 0.230 e. The second kappa shape index (κ2) is 8.03. The zero-order valence-corrected chi connectivity index (χ0v) is 15.1. The number of aromatic nitrogens is 4. The van der Waals surface area contributed by atoms with Crippen molar-refractivity contribution in [1.29, 1.82) is 0 Å². The van der Waals surface area contributed by atoms with E-state index >= 15 is 0 Å². The Morgan fingerprint density at radius 1 is 1.24 bits per heavy atom. The molecule has 3 heterocycles. The lowest BCUT2D eigenvalue weighted by molar-refractivity contribution is 0.0760. The second-order valence-electron chi connectivity index (χ2n) is 6.46. The Labute approximate surface area is 147 Å². The number of hydrogen-bond donors (Lipinski definition) is 1. The number of likely N-dealkylation sites (tertiary alicyclic amines) is 1. The van der Waals surface area contributed by atoms with Gasteiger partial charge >= 0.3 is 0 Å². The van der Waals surface area contributed by atoms with E-state index in [-0.39, 0.29) is 6.04 Å². The molecule has 0 aliphatic carbocycles. The highest BCUT2D eigenvalue weighted by Gasteiger charge is 2.36. The van der Waals surface area contributed by atoms with Gasteiger partial charge in [0.05, 0.1) is 25.2 Å². The first-order valence-corrected chi connectivity index (χ1v) is 8.84. The highest BCUT2D eigenvalue weighted by atomic mass is 16.5. The van der Waals surface area contributed by atoms with Crippen LogP contribution in [0.4, 0.5) is 0 Å². The lowest BCUT2D eigenvalue weighted by Gasteiger charge is -2.28. The molecule has 3 rings (SSSR count). The van der Waals surface area contributed by atoms with Crippen LogP contribution in [0.25, 0.3) is 0 Å². The van der Waals surface area contributed by atoms with Crippen LogP contribution in [-0.2, 0) is 19.5 Å². The van der Waals surface area contributed by atoms with Crippen LogP contribution in [0.5, 0.6) is 0 Å². The van der Waals surface area contributed by atoms with Gasteiger partial charge < -0.3 is 14.0 Å². The number of β-amino-alcohol motifs (C(OH)–C–C–N with tert-alkyl or cyclic N) is 1. The van der Waals surface area contributed by atoms with E-state index in [1.54, 1.807) is 6.92 Å². The normalized spacial score (nSPS) is 21.5. The molecular formula is C16H26N6O3. The van der Waals surface area contributed by atoms with Gasteiger partial charge in [0.25, 0.3) is 0 Å². The molecule has 0 aromatic carbocycles. The molecule has 2 aromatic rings. The topological polar surface area (TPSA) is 105 Å². The zero-order chi connectivity index (χ0) is 17.8. The van der Waals surface area contributed by atoms with E-state index < -0.39 is 6.10 Å². The molecule has 0 saturated carbocycles. The Morgan fingerprint density at radius 3 is 2.76 bits per heavy atom. The summed E-state index contributed by atoms with van der Waals surface area (Å²) in [5.41, 5.74) is 0. The predicted molar refractivity (Wildman–Crippen MR) is 88.5 cm³/mol. The fourth-order valence-corrected chi connectivity index (χ4v) is 3.24. The maximum absolute atomic E-state index is 10.5. The molecule has 1 N–H and O–H groups in total. The molecule has 1 saturated heterocycles. The van der Waals surface area contributed by atoms with Crippen LogP contribution in [0.1, 0.15) is 43.8 Å². The fraction of sp³-hybridized carbons (Fsp3) is 0.750. The minimum atomic E-state index is -0.439. The molecule has 9 heteroatoms. The third-order valence-corrected chi connectivity index (χ3v) is 4.46. The van der Waals surface area contributed by atoms with Gasteiger partial charge in [0.2, 0.25) is 17.7 Å². The second-order valence-corrected chi connectivity index (χ2v) is 6.46. The highest BCUT2D eigenvalue weighted by molar-refractivity contribution is 4.95. The molecule has 2 atom stereocenters. The van der Waals surface area contributed by atoms with Gasteiger partial charge in [0.1, 0.15) is 0 Å². The van der Waals surface area contributed by atoms with Crippen molar-refractivity contribution < 1.29 is 14.0 Å². The fourth-order valence-electron chi connectivity index (χ4n) is 3.24. The van der Waals surface area contributed by atoms with E-state index in [1.165, 1.54) is 0 Å². The molecule has 1 aliphatic rings. The summed E-state index contributed by atoms with van der Waals surface area (Å²) in [7, 11) is 0. The molecule has 0 spiro atoms. The average molecular weight is 350 g/mol. The number of aliphatic hydroxyl groups excluding tert-OH is 1. The van der Waals surface area contributed by atoms with Crippen LogP contribution in [0.3, 0.4) is 0 Å². The van der Waals surface area contributed by atoms with Gasteiger partial charge in [0, 0.05) is 26.4 Å². The van der Waals surface area contributed by atoms with Crippen LogP contribution in [0.2, 0.25) is 0 Å². The minimum absolute atomic E-state index is 0.0132. The van der Waals surface area contributed by atoms with Crippen molar-refractivity contribution >= 4 is 0 Å². The van der Waals surface area contributed by atoms with Crippen molar-refractivity contribution in [2.75, 3.05) is 19.6 Å². The van der Waals surface area contributed by atoms with Crippen molar-refractivity contribution in [2.24, 2.45) is 0 Å². The van der Waals surface area contributed by atoms with Crippen LogP contribution in [-0.4, -0.2) is 67.0 Å². The largest absolute Gasteiger partial charge is 0.424 e. The summed E-state index contributed by atoms with van der Waals surface area (Å²) in [4.78, 5) is 8.71. The minimum Gasteiger partial charge on any atom is -0.424 e. The smallest absolute Gasteiger partial charge is 0.230 e. The summed E-state index contributed by atoms with van der Waals surface area (Å²) in [5.74, 6) is 2.48. The van der Waals surface area contributed by atoms with E-state index in [1.807, 2.05) is 0 Å². The molecule has 1 aliphatic heterocycles. The molecule has 0 bridgehead atoms. The lowest BCUT2D eigenvalue weighted by atomic mass is 10.2. The predicted octanol–water partition coefficient (Wildman–Crippen LogP) is 0.781. The molecule has 0 radical (unpaired) electrons. The first kappa shape index (κ1) is 18.0. The summed E-state index contributed by atoms with van der Waals surface area (Å²) >= 11 is 0. The number of rotatable bonds is 8. The monoisotopic (exact) mass is 350 g/mol. The molecule has 1 fully saturated rings. The number of aryl methyl sites for hydroxylation is 2. The Morgan fingerprint density at radius 2 is 2.08 bits per heavy atom. The summed E-state index contributed by atoms with van der Waals surface area (Å²) < 4.78 is 10.7. The van der Waals surface area contributed by atoms with E-state index in [0.717, 1.165) is 25.9 Å². The van der Waals surface area contributed by atoms with Crippen LogP contribution in [0, 0.1) is 6.92 Å². The number of likely N-dealkylation sites (N-methyl/N-ethyl adjacent to an activating group) is 1. The molecule has 2 aromatic heterocycles. The molecule has 9 nitrogen and oxygen atoms in total. The third-order valence-electron chi connectivity index (χ3n) is 4.46. The van der Waals surface area contributed by atoms with Gasteiger partial charge in [-0.05, 0) is 13.0 Å². The number of nitrogens with zero attached hydrogens (tertiary/aromatic N) is 6. The molecular weight excluding hydrogens is 324 g/mol. The average Bonchev–Trinajstić information content (AvgIpc) is 3.28. The van der Waals surface area contributed by atoms with Crippen LogP contribution in [0.15, 0.2) is 8.94 Å². The van der Waals surface area contributed by atoms with Crippen LogP contribution >= 0.6 is 0 Å². The van der Waals surface area contributed by atoms with E-state index in [2.05, 4.69) is 44.0 Å². The van der Waals surface area contributed by atoms with E-state index in [0.29, 0.717) is 43.1 Å². The van der Waals surface area contributed by atoms with Crippen molar-refractivity contribution in [3.8, 4) is 0 Å². The van der Waals surface area contributed by atoms with Crippen molar-refractivity contribution in [1.82, 2.24) is 30.1 Å². The van der Waals surface area contributed by atoms with Gasteiger partial charge in [-0.15, -0.1) is 10.2 Å².